The molecule has 0 radical (unpaired) electrons. The van der Waals surface area contributed by atoms with Gasteiger partial charge >= 0.3 is 0 Å². The van der Waals surface area contributed by atoms with E-state index in [0.717, 1.165) is 28.0 Å². The highest BCUT2D eigenvalue weighted by Crippen LogP contribution is 2.34. The number of halogens is 1. The zero-order chi connectivity index (χ0) is 14.0. The summed E-state index contributed by atoms with van der Waals surface area (Å²) in [6, 6.07) is 5.81. The Labute approximate surface area is 118 Å². The van der Waals surface area contributed by atoms with E-state index < -0.39 is 0 Å². The summed E-state index contributed by atoms with van der Waals surface area (Å²) in [4.78, 5) is 4.24. The third kappa shape index (κ3) is 2.88. The first-order chi connectivity index (χ1) is 9.02. The molecule has 4 heteroatoms. The second-order valence-corrected chi connectivity index (χ2v) is 5.00. The summed E-state index contributed by atoms with van der Waals surface area (Å²) < 4.78 is 5.39. The molecule has 0 fully saturated rings. The molecule has 2 rings (SSSR count). The normalized spacial score (nSPS) is 12.3. The van der Waals surface area contributed by atoms with E-state index in [-0.39, 0.29) is 6.04 Å². The maximum Gasteiger partial charge on any atom is 0.128 e. The average Bonchev–Trinajstić information content (AvgIpc) is 2.41. The first kappa shape index (κ1) is 13.8. The Hall–Kier alpha value is -1.58. The van der Waals surface area contributed by atoms with Crippen LogP contribution in [0.1, 0.15) is 24.1 Å². The lowest BCUT2D eigenvalue weighted by Crippen LogP contribution is -2.05. The second-order valence-electron chi connectivity index (χ2n) is 4.60. The fourth-order valence-electron chi connectivity index (χ4n) is 1.91. The minimum Gasteiger partial charge on any atom is -0.496 e. The fourth-order valence-corrected chi connectivity index (χ4v) is 2.07. The van der Waals surface area contributed by atoms with Crippen molar-refractivity contribution in [2.75, 3.05) is 7.11 Å². The predicted molar refractivity (Wildman–Crippen MR) is 78.6 cm³/mol. The molecule has 1 aromatic heterocycles. The van der Waals surface area contributed by atoms with Gasteiger partial charge in [-0.05, 0) is 43.2 Å². The number of aromatic nitrogens is 1. The second kappa shape index (κ2) is 5.59. The van der Waals surface area contributed by atoms with Gasteiger partial charge in [0.15, 0.2) is 0 Å². The van der Waals surface area contributed by atoms with Crippen LogP contribution < -0.4 is 10.5 Å². The molecule has 3 nitrogen and oxygen atoms in total. The van der Waals surface area contributed by atoms with Gasteiger partial charge in [-0.2, -0.15) is 0 Å². The number of methoxy groups -OCH3 is 1. The molecule has 100 valence electrons. The van der Waals surface area contributed by atoms with Gasteiger partial charge in [0.2, 0.25) is 0 Å². The van der Waals surface area contributed by atoms with Gasteiger partial charge in [0.1, 0.15) is 5.75 Å². The number of rotatable bonds is 3. The molecular formula is C15H17ClN2O. The first-order valence-electron chi connectivity index (χ1n) is 6.08. The lowest BCUT2D eigenvalue weighted by Gasteiger charge is -2.13. The molecule has 1 unspecified atom stereocenters. The van der Waals surface area contributed by atoms with E-state index in [1.165, 1.54) is 0 Å². The summed E-state index contributed by atoms with van der Waals surface area (Å²) in [7, 11) is 1.63. The third-order valence-electron chi connectivity index (χ3n) is 3.08. The van der Waals surface area contributed by atoms with Crippen molar-refractivity contribution in [3.63, 3.8) is 0 Å². The number of nitrogens with zero attached hydrogens (tertiary/aromatic N) is 1. The number of ether oxygens (including phenoxy) is 1. The molecular weight excluding hydrogens is 260 g/mol. The van der Waals surface area contributed by atoms with E-state index in [2.05, 4.69) is 4.98 Å². The highest BCUT2D eigenvalue weighted by Gasteiger charge is 2.11. The van der Waals surface area contributed by atoms with Gasteiger partial charge in [-0.1, -0.05) is 11.6 Å². The number of aryl methyl sites for hydroxylation is 1. The van der Waals surface area contributed by atoms with Crippen molar-refractivity contribution in [2.24, 2.45) is 5.73 Å². The van der Waals surface area contributed by atoms with Gasteiger partial charge in [0.25, 0.3) is 0 Å². The third-order valence-corrected chi connectivity index (χ3v) is 3.48. The van der Waals surface area contributed by atoms with E-state index in [1.807, 2.05) is 32.0 Å². The molecule has 0 amide bonds. The van der Waals surface area contributed by atoms with Crippen LogP contribution in [0.3, 0.4) is 0 Å². The van der Waals surface area contributed by atoms with Crippen LogP contribution in [0.4, 0.5) is 0 Å². The summed E-state index contributed by atoms with van der Waals surface area (Å²) >= 11 is 6.12. The lowest BCUT2D eigenvalue weighted by atomic mass is 10.0. The molecule has 0 spiro atoms. The standard InChI is InChI=1S/C15H17ClN2O/c1-9-4-13(15(19-3)6-14(9)16)12-5-11(10(2)17)7-18-8-12/h4-8,10H,17H2,1-3H3. The van der Waals surface area contributed by atoms with Crippen LogP contribution in [0.2, 0.25) is 5.02 Å². The van der Waals surface area contributed by atoms with Crippen molar-refractivity contribution in [1.29, 1.82) is 0 Å². The molecule has 0 aliphatic rings. The molecule has 0 saturated carbocycles. The van der Waals surface area contributed by atoms with E-state index in [1.54, 1.807) is 19.5 Å². The van der Waals surface area contributed by atoms with Crippen LogP contribution in [0.15, 0.2) is 30.6 Å². The van der Waals surface area contributed by atoms with Crippen LogP contribution in [0.25, 0.3) is 11.1 Å². The number of hydrogen-bond acceptors (Lipinski definition) is 3. The van der Waals surface area contributed by atoms with Crippen LogP contribution in [0.5, 0.6) is 5.75 Å². The molecule has 19 heavy (non-hydrogen) atoms. The number of benzene rings is 1. The quantitative estimate of drug-likeness (QED) is 0.929. The topological polar surface area (TPSA) is 48.1 Å². The molecule has 1 heterocycles. The molecule has 0 aliphatic carbocycles. The molecule has 0 saturated heterocycles. The zero-order valence-corrected chi connectivity index (χ0v) is 12.0. The van der Waals surface area contributed by atoms with E-state index in [0.29, 0.717) is 5.02 Å². The Bertz CT molecular complexity index is 597. The molecule has 2 aromatic rings. The fraction of sp³-hybridized carbons (Fsp3) is 0.267. The number of pyridine rings is 1. The Balaban J connectivity index is 2.57. The minimum atomic E-state index is -0.0492. The van der Waals surface area contributed by atoms with Gasteiger partial charge in [-0.3, -0.25) is 4.98 Å². The monoisotopic (exact) mass is 276 g/mol. The van der Waals surface area contributed by atoms with Crippen LogP contribution >= 0.6 is 11.6 Å². The van der Waals surface area contributed by atoms with Gasteiger partial charge in [-0.25, -0.2) is 0 Å². The highest BCUT2D eigenvalue weighted by molar-refractivity contribution is 6.31. The summed E-state index contributed by atoms with van der Waals surface area (Å²) in [6.07, 6.45) is 3.58. The number of hydrogen-bond donors (Lipinski definition) is 1. The minimum absolute atomic E-state index is 0.0492. The van der Waals surface area contributed by atoms with Crippen LogP contribution in [-0.4, -0.2) is 12.1 Å². The van der Waals surface area contributed by atoms with Crippen molar-refractivity contribution in [3.8, 4) is 16.9 Å². The molecule has 2 N–H and O–H groups in total. The lowest BCUT2D eigenvalue weighted by molar-refractivity contribution is 0.416. The van der Waals surface area contributed by atoms with Crippen molar-refractivity contribution >= 4 is 11.6 Å². The maximum atomic E-state index is 6.12. The molecule has 1 atom stereocenters. The van der Waals surface area contributed by atoms with E-state index >= 15 is 0 Å². The van der Waals surface area contributed by atoms with Gasteiger partial charge in [0, 0.05) is 34.6 Å². The van der Waals surface area contributed by atoms with E-state index in [4.69, 9.17) is 22.1 Å². The number of nitrogens with two attached hydrogens (primary N) is 1. The molecule has 1 aromatic carbocycles. The Morgan fingerprint density at radius 2 is 2.00 bits per heavy atom. The molecule has 0 aliphatic heterocycles. The van der Waals surface area contributed by atoms with Crippen LogP contribution in [0, 0.1) is 6.92 Å². The van der Waals surface area contributed by atoms with Crippen molar-refractivity contribution in [1.82, 2.24) is 4.98 Å². The highest BCUT2D eigenvalue weighted by atomic mass is 35.5. The Kier molecular flexibility index (Phi) is 4.08. The largest absolute Gasteiger partial charge is 0.496 e. The summed E-state index contributed by atoms with van der Waals surface area (Å²) in [6.45, 7) is 3.90. The summed E-state index contributed by atoms with van der Waals surface area (Å²) in [5.41, 5.74) is 9.84. The average molecular weight is 277 g/mol. The Morgan fingerprint density at radius 1 is 1.26 bits per heavy atom. The predicted octanol–water partition coefficient (Wildman–Crippen LogP) is 3.74. The summed E-state index contributed by atoms with van der Waals surface area (Å²) in [5.74, 6) is 0.735. The zero-order valence-electron chi connectivity index (χ0n) is 11.3. The maximum absolute atomic E-state index is 6.12. The van der Waals surface area contributed by atoms with E-state index in [9.17, 15) is 0 Å². The van der Waals surface area contributed by atoms with Gasteiger partial charge < -0.3 is 10.5 Å². The van der Waals surface area contributed by atoms with Gasteiger partial charge in [0.05, 0.1) is 7.11 Å². The van der Waals surface area contributed by atoms with Crippen molar-refractivity contribution < 1.29 is 4.74 Å². The van der Waals surface area contributed by atoms with Gasteiger partial charge in [-0.15, -0.1) is 0 Å². The first-order valence-corrected chi connectivity index (χ1v) is 6.45. The van der Waals surface area contributed by atoms with Crippen molar-refractivity contribution in [2.45, 2.75) is 19.9 Å². The smallest absolute Gasteiger partial charge is 0.128 e. The molecule has 0 bridgehead atoms. The summed E-state index contributed by atoms with van der Waals surface area (Å²) in [5, 5.41) is 0.692. The SMILES string of the molecule is COc1cc(Cl)c(C)cc1-c1cncc(C(C)N)c1. The van der Waals surface area contributed by atoms with Crippen LogP contribution in [-0.2, 0) is 0 Å². The Morgan fingerprint density at radius 3 is 2.63 bits per heavy atom. The van der Waals surface area contributed by atoms with Crippen molar-refractivity contribution in [3.05, 3.63) is 46.7 Å².